The molecule has 1 aliphatic heterocycles. The van der Waals surface area contributed by atoms with E-state index in [9.17, 15) is 4.79 Å². The third-order valence-electron chi connectivity index (χ3n) is 5.47. The molecule has 0 spiro atoms. The number of aromatic amines is 1. The van der Waals surface area contributed by atoms with Crippen LogP contribution in [0, 0.1) is 6.92 Å². The van der Waals surface area contributed by atoms with Crippen LogP contribution in [0.25, 0.3) is 28.2 Å². The highest BCUT2D eigenvalue weighted by Crippen LogP contribution is 2.37. The predicted molar refractivity (Wildman–Crippen MR) is 134 cm³/mol. The summed E-state index contributed by atoms with van der Waals surface area (Å²) in [7, 11) is 0. The summed E-state index contributed by atoms with van der Waals surface area (Å²) >= 11 is 1.75. The molecule has 0 unspecified atom stereocenters. The van der Waals surface area contributed by atoms with Gasteiger partial charge in [0.15, 0.2) is 11.5 Å². The molecular formula is C27H24N2O3S. The lowest BCUT2D eigenvalue weighted by molar-refractivity contribution is -0.116. The van der Waals surface area contributed by atoms with E-state index in [4.69, 9.17) is 9.47 Å². The molecule has 2 heterocycles. The lowest BCUT2D eigenvalue weighted by Gasteiger charge is -2.06. The van der Waals surface area contributed by atoms with Crippen molar-refractivity contribution in [2.24, 2.45) is 0 Å². The molecular weight excluding hydrogens is 432 g/mol. The Morgan fingerprint density at radius 1 is 1.06 bits per heavy atom. The number of para-hydroxylation sites is 1. The van der Waals surface area contributed by atoms with Crippen LogP contribution in [0.2, 0.25) is 0 Å². The van der Waals surface area contributed by atoms with Crippen LogP contribution in [-0.2, 0) is 4.79 Å². The third-order valence-corrected chi connectivity index (χ3v) is 6.59. The summed E-state index contributed by atoms with van der Waals surface area (Å²) in [5, 5.41) is 4.17. The number of carbonyl (C=O) groups is 1. The Morgan fingerprint density at radius 3 is 2.76 bits per heavy atom. The molecule has 5 rings (SSSR count). The summed E-state index contributed by atoms with van der Waals surface area (Å²) < 4.78 is 10.7. The molecule has 1 aliphatic rings. The summed E-state index contributed by atoms with van der Waals surface area (Å²) in [6, 6.07) is 22.5. The van der Waals surface area contributed by atoms with E-state index < -0.39 is 0 Å². The maximum Gasteiger partial charge on any atom is 0.244 e. The van der Waals surface area contributed by atoms with Gasteiger partial charge in [0.1, 0.15) is 0 Å². The molecule has 1 amide bonds. The molecule has 0 aliphatic carbocycles. The number of hydrogen-bond acceptors (Lipinski definition) is 4. The number of rotatable bonds is 7. The highest BCUT2D eigenvalue weighted by Gasteiger charge is 2.14. The molecule has 0 saturated heterocycles. The number of carbonyl (C=O) groups excluding carboxylic acids is 1. The van der Waals surface area contributed by atoms with E-state index in [0.717, 1.165) is 33.8 Å². The van der Waals surface area contributed by atoms with E-state index >= 15 is 0 Å². The topological polar surface area (TPSA) is 63.4 Å². The second-order valence-corrected chi connectivity index (χ2v) is 8.93. The fraction of sp³-hybridized carbons (Fsp3) is 0.148. The van der Waals surface area contributed by atoms with Crippen molar-refractivity contribution in [3.05, 3.63) is 83.9 Å². The van der Waals surface area contributed by atoms with Crippen LogP contribution in [0.3, 0.4) is 0 Å². The molecule has 0 radical (unpaired) electrons. The van der Waals surface area contributed by atoms with Crippen LogP contribution in [0.5, 0.6) is 11.5 Å². The summed E-state index contributed by atoms with van der Waals surface area (Å²) in [4.78, 5) is 17.1. The second kappa shape index (κ2) is 9.46. The van der Waals surface area contributed by atoms with E-state index in [1.807, 2.05) is 24.3 Å². The molecule has 33 heavy (non-hydrogen) atoms. The zero-order valence-corrected chi connectivity index (χ0v) is 19.1. The number of benzene rings is 3. The molecule has 166 valence electrons. The summed E-state index contributed by atoms with van der Waals surface area (Å²) in [5.41, 5.74) is 5.53. The van der Waals surface area contributed by atoms with Crippen molar-refractivity contribution in [2.75, 3.05) is 19.1 Å². The molecule has 2 N–H and O–H groups in total. The number of amides is 1. The average molecular weight is 457 g/mol. The van der Waals surface area contributed by atoms with Crippen LogP contribution in [0.4, 0.5) is 0 Å². The second-order valence-electron chi connectivity index (χ2n) is 7.83. The minimum atomic E-state index is -0.119. The Bertz CT molecular complexity index is 1330. The Kier molecular flexibility index (Phi) is 6.09. The number of hydrogen-bond donors (Lipinski definition) is 2. The van der Waals surface area contributed by atoms with E-state index in [0.29, 0.717) is 12.3 Å². The fourth-order valence-electron chi connectivity index (χ4n) is 3.76. The standard InChI is InChI=1S/C27H24N2O3S/c1-18-6-10-20(11-7-18)26-27(21-4-2-3-5-22(21)29-26)33-15-14-28-25(30)13-9-19-8-12-23-24(16-19)32-17-31-23/h2-13,16,29H,14-15,17H2,1H3,(H,28,30)/b13-9+. The van der Waals surface area contributed by atoms with Gasteiger partial charge >= 0.3 is 0 Å². The minimum absolute atomic E-state index is 0.119. The summed E-state index contributed by atoms with van der Waals surface area (Å²) in [5.74, 6) is 2.09. The van der Waals surface area contributed by atoms with Crippen molar-refractivity contribution >= 4 is 34.6 Å². The Labute approximate surface area is 196 Å². The smallest absolute Gasteiger partial charge is 0.244 e. The predicted octanol–water partition coefficient (Wildman–Crippen LogP) is 5.79. The first-order valence-corrected chi connectivity index (χ1v) is 11.8. The van der Waals surface area contributed by atoms with Crippen LogP contribution < -0.4 is 14.8 Å². The molecule has 0 fully saturated rings. The molecule has 1 aromatic heterocycles. The molecule has 3 aromatic carbocycles. The monoisotopic (exact) mass is 456 g/mol. The first-order chi connectivity index (χ1) is 16.2. The minimum Gasteiger partial charge on any atom is -0.454 e. The van der Waals surface area contributed by atoms with Crippen molar-refractivity contribution in [3.63, 3.8) is 0 Å². The number of fused-ring (bicyclic) bond motifs is 2. The number of nitrogens with one attached hydrogen (secondary N) is 2. The van der Waals surface area contributed by atoms with Gasteiger partial charge in [0.05, 0.1) is 5.69 Å². The van der Waals surface area contributed by atoms with Crippen LogP contribution >= 0.6 is 11.8 Å². The zero-order valence-electron chi connectivity index (χ0n) is 18.3. The van der Waals surface area contributed by atoms with Gasteiger partial charge in [-0.2, -0.15) is 0 Å². The van der Waals surface area contributed by atoms with Gasteiger partial charge in [0, 0.05) is 34.2 Å². The van der Waals surface area contributed by atoms with Crippen molar-refractivity contribution in [2.45, 2.75) is 11.8 Å². The summed E-state index contributed by atoms with van der Waals surface area (Å²) in [6.45, 7) is 2.90. The van der Waals surface area contributed by atoms with Crippen molar-refractivity contribution in [3.8, 4) is 22.8 Å². The molecule has 5 nitrogen and oxygen atoms in total. The van der Waals surface area contributed by atoms with E-state index in [-0.39, 0.29) is 12.7 Å². The van der Waals surface area contributed by atoms with Gasteiger partial charge in [0.2, 0.25) is 12.7 Å². The van der Waals surface area contributed by atoms with E-state index in [2.05, 4.69) is 59.7 Å². The van der Waals surface area contributed by atoms with Gasteiger partial charge in [-0.1, -0.05) is 54.1 Å². The molecule has 0 bridgehead atoms. The molecule has 0 saturated carbocycles. The number of ether oxygens (including phenoxy) is 2. The maximum absolute atomic E-state index is 12.3. The lowest BCUT2D eigenvalue weighted by Crippen LogP contribution is -2.23. The number of aryl methyl sites for hydroxylation is 1. The van der Waals surface area contributed by atoms with Crippen molar-refractivity contribution in [1.29, 1.82) is 0 Å². The van der Waals surface area contributed by atoms with Gasteiger partial charge in [-0.3, -0.25) is 4.79 Å². The van der Waals surface area contributed by atoms with Crippen LogP contribution in [-0.4, -0.2) is 30.0 Å². The molecule has 0 atom stereocenters. The quantitative estimate of drug-likeness (QED) is 0.210. The zero-order chi connectivity index (χ0) is 22.6. The molecule has 4 aromatic rings. The van der Waals surface area contributed by atoms with Gasteiger partial charge < -0.3 is 19.8 Å². The Balaban J connectivity index is 1.22. The largest absolute Gasteiger partial charge is 0.454 e. The van der Waals surface area contributed by atoms with Gasteiger partial charge in [-0.25, -0.2) is 0 Å². The third kappa shape index (κ3) is 4.76. The van der Waals surface area contributed by atoms with E-state index in [1.165, 1.54) is 15.8 Å². The van der Waals surface area contributed by atoms with E-state index in [1.54, 1.807) is 23.9 Å². The maximum atomic E-state index is 12.3. The van der Waals surface area contributed by atoms with Gasteiger partial charge in [-0.05, 0) is 42.3 Å². The highest BCUT2D eigenvalue weighted by molar-refractivity contribution is 7.99. The number of aromatic nitrogens is 1. The summed E-state index contributed by atoms with van der Waals surface area (Å²) in [6.07, 6.45) is 3.32. The first kappa shape index (κ1) is 21.2. The normalized spacial score (nSPS) is 12.5. The van der Waals surface area contributed by atoms with Crippen LogP contribution in [0.1, 0.15) is 11.1 Å². The Hall–Kier alpha value is -3.64. The first-order valence-electron chi connectivity index (χ1n) is 10.8. The fourth-order valence-corrected chi connectivity index (χ4v) is 4.82. The molecule has 6 heteroatoms. The Morgan fingerprint density at radius 2 is 1.88 bits per heavy atom. The van der Waals surface area contributed by atoms with Gasteiger partial charge in [0.25, 0.3) is 0 Å². The average Bonchev–Trinajstić information content (AvgIpc) is 3.45. The lowest BCUT2D eigenvalue weighted by atomic mass is 10.1. The number of thioether (sulfide) groups is 1. The van der Waals surface area contributed by atoms with Crippen molar-refractivity contribution in [1.82, 2.24) is 10.3 Å². The van der Waals surface area contributed by atoms with Gasteiger partial charge in [-0.15, -0.1) is 11.8 Å². The van der Waals surface area contributed by atoms with Crippen molar-refractivity contribution < 1.29 is 14.3 Å². The number of H-pyrrole nitrogens is 1. The SMILES string of the molecule is Cc1ccc(-c2[nH]c3ccccc3c2SCCNC(=O)/C=C/c2ccc3c(c2)OCO3)cc1. The van der Waals surface area contributed by atoms with Crippen LogP contribution in [0.15, 0.2) is 77.7 Å². The highest BCUT2D eigenvalue weighted by atomic mass is 32.2.